The van der Waals surface area contributed by atoms with Crippen molar-refractivity contribution in [3.05, 3.63) is 0 Å². The maximum Gasteiger partial charge on any atom is 0.323 e. The fraction of sp³-hybridized carbons (Fsp3) is 0.727. The van der Waals surface area contributed by atoms with Gasteiger partial charge in [-0.15, -0.1) is 0 Å². The molecule has 9 nitrogen and oxygen atoms in total. The van der Waals surface area contributed by atoms with Crippen LogP contribution in [0.2, 0.25) is 0 Å². The number of hydrogen-bond acceptors (Lipinski definition) is 9. The van der Waals surface area contributed by atoms with Crippen LogP contribution in [-0.2, 0) is 9.84 Å². The highest BCUT2D eigenvalue weighted by molar-refractivity contribution is 7.91. The van der Waals surface area contributed by atoms with Gasteiger partial charge in [-0.05, 0) is 12.8 Å². The molecular formula is C11H20N6O3S. The molecule has 0 aliphatic carbocycles. The summed E-state index contributed by atoms with van der Waals surface area (Å²) in [5, 5.41) is 0. The number of hydrazine groups is 1. The standard InChI is InChI=1S/C11H20N6O3S/c1-3-5-20-11-14-9(16-12)13-10(15-11)17(2)8-4-6-21(18,19)7-8/h8H,3-7,12H2,1-2H3,(H,13,14,15,16). The van der Waals surface area contributed by atoms with Crippen molar-refractivity contribution in [2.45, 2.75) is 25.8 Å². The highest BCUT2D eigenvalue weighted by atomic mass is 32.2. The lowest BCUT2D eigenvalue weighted by Gasteiger charge is -2.23. The minimum atomic E-state index is -2.97. The number of aromatic nitrogens is 3. The van der Waals surface area contributed by atoms with Gasteiger partial charge in [0.2, 0.25) is 11.9 Å². The zero-order chi connectivity index (χ0) is 15.5. The van der Waals surface area contributed by atoms with Crippen molar-refractivity contribution < 1.29 is 13.2 Å². The fourth-order valence-corrected chi connectivity index (χ4v) is 3.84. The largest absolute Gasteiger partial charge is 0.463 e. The van der Waals surface area contributed by atoms with Gasteiger partial charge in [-0.2, -0.15) is 15.0 Å². The van der Waals surface area contributed by atoms with E-state index in [1.165, 1.54) is 0 Å². The van der Waals surface area contributed by atoms with Crippen molar-refractivity contribution in [2.75, 3.05) is 35.5 Å². The Morgan fingerprint density at radius 2 is 2.19 bits per heavy atom. The van der Waals surface area contributed by atoms with Crippen LogP contribution in [0.4, 0.5) is 11.9 Å². The second-order valence-electron chi connectivity index (χ2n) is 4.90. The highest BCUT2D eigenvalue weighted by Gasteiger charge is 2.32. The van der Waals surface area contributed by atoms with Crippen molar-refractivity contribution >= 4 is 21.7 Å². The lowest BCUT2D eigenvalue weighted by atomic mass is 10.2. The summed E-state index contributed by atoms with van der Waals surface area (Å²) in [5.41, 5.74) is 2.36. The number of rotatable bonds is 6. The molecule has 21 heavy (non-hydrogen) atoms. The summed E-state index contributed by atoms with van der Waals surface area (Å²) in [7, 11) is -1.22. The molecule has 0 saturated carbocycles. The number of hydrogen-bond donors (Lipinski definition) is 2. The molecule has 1 aromatic rings. The van der Waals surface area contributed by atoms with E-state index in [1.54, 1.807) is 11.9 Å². The van der Waals surface area contributed by atoms with Crippen LogP contribution in [0.3, 0.4) is 0 Å². The minimum Gasteiger partial charge on any atom is -0.463 e. The van der Waals surface area contributed by atoms with Crippen LogP contribution in [0.25, 0.3) is 0 Å². The SMILES string of the molecule is CCCOc1nc(NN)nc(N(C)C2CCS(=O)(=O)C2)n1. The predicted octanol–water partition coefficient (Wildman–Crippen LogP) is -0.431. The smallest absolute Gasteiger partial charge is 0.323 e. The van der Waals surface area contributed by atoms with Crippen molar-refractivity contribution in [3.8, 4) is 6.01 Å². The van der Waals surface area contributed by atoms with E-state index in [0.717, 1.165) is 6.42 Å². The summed E-state index contributed by atoms with van der Waals surface area (Å²) in [6, 6.07) is 0.0181. The normalized spacial score (nSPS) is 20.2. The van der Waals surface area contributed by atoms with Gasteiger partial charge in [0.05, 0.1) is 18.1 Å². The van der Waals surface area contributed by atoms with Crippen molar-refractivity contribution in [3.63, 3.8) is 0 Å². The van der Waals surface area contributed by atoms with Crippen LogP contribution in [0.1, 0.15) is 19.8 Å². The number of anilines is 2. The maximum absolute atomic E-state index is 11.6. The minimum absolute atomic E-state index is 0.103. The third kappa shape index (κ3) is 3.91. The second kappa shape index (κ2) is 6.39. The average Bonchev–Trinajstić information content (AvgIpc) is 2.84. The average molecular weight is 316 g/mol. The Morgan fingerprint density at radius 3 is 2.76 bits per heavy atom. The molecule has 1 aliphatic rings. The predicted molar refractivity (Wildman–Crippen MR) is 78.9 cm³/mol. The molecule has 0 spiro atoms. The fourth-order valence-electron chi connectivity index (χ4n) is 2.07. The van der Waals surface area contributed by atoms with Crippen molar-refractivity contribution in [1.82, 2.24) is 15.0 Å². The molecule has 2 rings (SSSR count). The lowest BCUT2D eigenvalue weighted by Crippen LogP contribution is -2.34. The molecule has 1 aliphatic heterocycles. The number of sulfone groups is 1. The highest BCUT2D eigenvalue weighted by Crippen LogP contribution is 2.22. The molecule has 118 valence electrons. The molecule has 0 radical (unpaired) electrons. The molecule has 1 aromatic heterocycles. The van der Waals surface area contributed by atoms with E-state index in [0.29, 0.717) is 19.0 Å². The van der Waals surface area contributed by atoms with Crippen LogP contribution < -0.4 is 20.9 Å². The van der Waals surface area contributed by atoms with E-state index in [4.69, 9.17) is 10.6 Å². The molecule has 0 aromatic carbocycles. The molecule has 1 unspecified atom stereocenters. The van der Waals surface area contributed by atoms with E-state index in [1.807, 2.05) is 6.92 Å². The van der Waals surface area contributed by atoms with Crippen molar-refractivity contribution in [1.29, 1.82) is 0 Å². The van der Waals surface area contributed by atoms with Gasteiger partial charge in [-0.25, -0.2) is 14.3 Å². The van der Waals surface area contributed by atoms with Gasteiger partial charge < -0.3 is 9.64 Å². The Kier molecular flexibility index (Phi) is 4.78. The van der Waals surface area contributed by atoms with Gasteiger partial charge in [-0.3, -0.25) is 5.43 Å². The molecule has 0 bridgehead atoms. The van der Waals surface area contributed by atoms with Gasteiger partial charge in [0.1, 0.15) is 0 Å². The Balaban J connectivity index is 2.21. The molecular weight excluding hydrogens is 296 g/mol. The van der Waals surface area contributed by atoms with Gasteiger partial charge >= 0.3 is 6.01 Å². The summed E-state index contributed by atoms with van der Waals surface area (Å²) in [6.45, 7) is 2.45. The lowest BCUT2D eigenvalue weighted by molar-refractivity contribution is 0.291. The first-order chi connectivity index (χ1) is 9.95. The van der Waals surface area contributed by atoms with Gasteiger partial charge in [0, 0.05) is 13.1 Å². The number of nitrogens with two attached hydrogens (primary N) is 1. The first kappa shape index (κ1) is 15.7. The van der Waals surface area contributed by atoms with E-state index < -0.39 is 9.84 Å². The number of ether oxygens (including phenoxy) is 1. The van der Waals surface area contributed by atoms with E-state index in [-0.39, 0.29) is 29.5 Å². The van der Waals surface area contributed by atoms with Crippen LogP contribution in [-0.4, -0.2) is 54.6 Å². The monoisotopic (exact) mass is 316 g/mol. The van der Waals surface area contributed by atoms with Crippen molar-refractivity contribution in [2.24, 2.45) is 5.84 Å². The summed E-state index contributed by atoms with van der Waals surface area (Å²) >= 11 is 0. The van der Waals surface area contributed by atoms with Crippen LogP contribution in [0.5, 0.6) is 6.01 Å². The number of nitrogen functional groups attached to an aromatic ring is 1. The zero-order valence-corrected chi connectivity index (χ0v) is 12.9. The Hall–Kier alpha value is -1.68. The van der Waals surface area contributed by atoms with Gasteiger partial charge in [-0.1, -0.05) is 6.92 Å². The molecule has 2 heterocycles. The summed E-state index contributed by atoms with van der Waals surface area (Å²) in [6.07, 6.45) is 1.38. The molecule has 3 N–H and O–H groups in total. The first-order valence-electron chi connectivity index (χ1n) is 6.74. The molecule has 10 heteroatoms. The second-order valence-corrected chi connectivity index (χ2v) is 7.13. The van der Waals surface area contributed by atoms with Crippen LogP contribution >= 0.6 is 0 Å². The van der Waals surface area contributed by atoms with E-state index >= 15 is 0 Å². The molecule has 1 atom stereocenters. The van der Waals surface area contributed by atoms with E-state index in [9.17, 15) is 8.42 Å². The van der Waals surface area contributed by atoms with Crippen LogP contribution in [0.15, 0.2) is 0 Å². The summed E-state index contributed by atoms with van der Waals surface area (Å²) in [4.78, 5) is 14.1. The topological polar surface area (TPSA) is 123 Å². The summed E-state index contributed by atoms with van der Waals surface area (Å²) in [5.74, 6) is 6.15. The quantitative estimate of drug-likeness (QED) is 0.531. The Labute approximate surface area is 123 Å². The molecule has 1 saturated heterocycles. The molecule has 1 fully saturated rings. The Morgan fingerprint density at radius 1 is 1.43 bits per heavy atom. The Bertz CT molecular complexity index is 594. The number of nitrogens with one attached hydrogen (secondary N) is 1. The number of nitrogens with zero attached hydrogens (tertiary/aromatic N) is 4. The third-order valence-electron chi connectivity index (χ3n) is 3.24. The van der Waals surface area contributed by atoms with Gasteiger partial charge in [0.15, 0.2) is 9.84 Å². The van der Waals surface area contributed by atoms with Gasteiger partial charge in [0.25, 0.3) is 0 Å². The zero-order valence-electron chi connectivity index (χ0n) is 12.1. The third-order valence-corrected chi connectivity index (χ3v) is 4.99. The van der Waals surface area contributed by atoms with Crippen LogP contribution in [0, 0.1) is 0 Å². The summed E-state index contributed by atoms with van der Waals surface area (Å²) < 4.78 is 28.5. The maximum atomic E-state index is 11.6. The molecule has 0 amide bonds. The first-order valence-corrected chi connectivity index (χ1v) is 8.56. The van der Waals surface area contributed by atoms with E-state index in [2.05, 4.69) is 20.4 Å².